The lowest BCUT2D eigenvalue weighted by atomic mass is 9.96. The van der Waals surface area contributed by atoms with E-state index in [1.165, 1.54) is 29.4 Å². The van der Waals surface area contributed by atoms with Crippen molar-refractivity contribution in [1.82, 2.24) is 34.7 Å². The van der Waals surface area contributed by atoms with Crippen LogP contribution in [-0.2, 0) is 10.2 Å². The van der Waals surface area contributed by atoms with Gasteiger partial charge in [0.15, 0.2) is 34.9 Å². The number of imidazole rings is 1. The van der Waals surface area contributed by atoms with E-state index in [2.05, 4.69) is 35.5 Å². The molecule has 13 heteroatoms. The highest BCUT2D eigenvalue weighted by molar-refractivity contribution is 6.30. The second kappa shape index (κ2) is 8.24. The number of H-pyrrole nitrogens is 1. The van der Waals surface area contributed by atoms with Gasteiger partial charge in [-0.2, -0.15) is 5.10 Å². The maximum Gasteiger partial charge on any atom is 0.167 e. The van der Waals surface area contributed by atoms with Crippen LogP contribution in [0.1, 0.15) is 44.8 Å². The Morgan fingerprint density at radius 1 is 1.18 bits per heavy atom. The summed E-state index contributed by atoms with van der Waals surface area (Å²) in [5.74, 6) is 0.557. The first-order chi connectivity index (χ1) is 16.1. The molecule has 4 N–H and O–H groups in total. The predicted octanol–water partition coefficient (Wildman–Crippen LogP) is 2.77. The molecule has 0 spiro atoms. The van der Waals surface area contributed by atoms with Gasteiger partial charge in [-0.15, -0.1) is 0 Å². The molecule has 11 nitrogen and oxygen atoms in total. The van der Waals surface area contributed by atoms with Crippen LogP contribution < -0.4 is 5.32 Å². The first-order valence-electron chi connectivity index (χ1n) is 10.5. The molecule has 0 bridgehead atoms. The molecule has 178 valence electrons. The molecule has 3 unspecified atom stereocenters. The van der Waals surface area contributed by atoms with E-state index in [1.54, 1.807) is 6.07 Å². The third kappa shape index (κ3) is 3.88. The number of rotatable bonds is 4. The van der Waals surface area contributed by atoms with Crippen molar-refractivity contribution >= 4 is 34.3 Å². The zero-order valence-electron chi connectivity index (χ0n) is 18.4. The van der Waals surface area contributed by atoms with Gasteiger partial charge in [0.25, 0.3) is 0 Å². The van der Waals surface area contributed by atoms with E-state index in [-0.39, 0.29) is 21.9 Å². The molecule has 0 amide bonds. The van der Waals surface area contributed by atoms with Gasteiger partial charge in [0.1, 0.15) is 30.5 Å². The van der Waals surface area contributed by atoms with Crippen LogP contribution in [0.2, 0.25) is 5.02 Å². The molecule has 0 saturated carbocycles. The van der Waals surface area contributed by atoms with Gasteiger partial charge in [-0.1, -0.05) is 32.4 Å². The maximum absolute atomic E-state index is 14.3. The minimum absolute atomic E-state index is 0.159. The average Bonchev–Trinajstić information content (AvgIpc) is 3.49. The number of fused-ring (bicyclic) bond motifs is 1. The minimum Gasteiger partial charge on any atom is -0.387 e. The van der Waals surface area contributed by atoms with E-state index in [0.717, 1.165) is 0 Å². The zero-order chi connectivity index (χ0) is 24.2. The van der Waals surface area contributed by atoms with E-state index < -0.39 is 30.4 Å². The molecule has 0 radical (unpaired) electrons. The molecule has 1 saturated heterocycles. The fourth-order valence-corrected chi connectivity index (χ4v) is 3.86. The third-order valence-corrected chi connectivity index (χ3v) is 5.73. The highest BCUT2D eigenvalue weighted by Gasteiger charge is 2.46. The number of anilines is 2. The Morgan fingerprint density at radius 3 is 2.68 bits per heavy atom. The Hall–Kier alpha value is -3.19. The summed E-state index contributed by atoms with van der Waals surface area (Å²) >= 11 is 5.82. The molecule has 3 aromatic heterocycles. The van der Waals surface area contributed by atoms with Crippen molar-refractivity contribution < 1.29 is 19.3 Å². The Balaban J connectivity index is 1.45. The van der Waals surface area contributed by atoms with Gasteiger partial charge in [0, 0.05) is 10.4 Å². The third-order valence-electron chi connectivity index (χ3n) is 5.50. The predicted molar refractivity (Wildman–Crippen MR) is 120 cm³/mol. The van der Waals surface area contributed by atoms with Gasteiger partial charge >= 0.3 is 0 Å². The molecule has 1 aromatic carbocycles. The fourth-order valence-electron chi connectivity index (χ4n) is 3.70. The summed E-state index contributed by atoms with van der Waals surface area (Å²) in [6.07, 6.45) is -1.84. The summed E-state index contributed by atoms with van der Waals surface area (Å²) in [6.45, 7) is 5.88. The number of halogens is 2. The molecule has 34 heavy (non-hydrogen) atoms. The number of aromatic amines is 1. The maximum atomic E-state index is 14.3. The summed E-state index contributed by atoms with van der Waals surface area (Å²) < 4.78 is 21.7. The molecule has 0 aliphatic carbocycles. The first-order valence-corrected chi connectivity index (χ1v) is 10.9. The summed E-state index contributed by atoms with van der Waals surface area (Å²) in [6, 6.07) is 4.21. The number of ether oxygens (including phenoxy) is 1. The second-order valence-electron chi connectivity index (χ2n) is 9.02. The Morgan fingerprint density at radius 2 is 1.97 bits per heavy atom. The summed E-state index contributed by atoms with van der Waals surface area (Å²) in [5, 5.41) is 31.6. The van der Waals surface area contributed by atoms with Crippen molar-refractivity contribution in [3.63, 3.8) is 0 Å². The summed E-state index contributed by atoms with van der Waals surface area (Å²) in [7, 11) is 0. The largest absolute Gasteiger partial charge is 0.387 e. The van der Waals surface area contributed by atoms with Gasteiger partial charge in [-0.05, 0) is 18.2 Å². The van der Waals surface area contributed by atoms with Crippen LogP contribution in [0.25, 0.3) is 11.2 Å². The Labute approximate surface area is 198 Å². The molecule has 1 aliphatic rings. The SMILES string of the molecule is CC(C)(C)c1n[nH]c([C@H]2OC(n3cnc4c(Nc5ccc(Cl)cc5F)ncnc43)C(O)C2O)n1. The van der Waals surface area contributed by atoms with Gasteiger partial charge in [-0.3, -0.25) is 9.67 Å². The molecule has 5 rings (SSSR count). The topological polar surface area (TPSA) is 147 Å². The number of aliphatic hydroxyl groups is 2. The number of hydrogen-bond donors (Lipinski definition) is 4. The van der Waals surface area contributed by atoms with Crippen molar-refractivity contribution in [2.24, 2.45) is 0 Å². The smallest absolute Gasteiger partial charge is 0.167 e. The van der Waals surface area contributed by atoms with Crippen LogP contribution in [-0.4, -0.2) is 57.1 Å². The molecule has 1 aliphatic heterocycles. The molecule has 1 fully saturated rings. The summed E-state index contributed by atoms with van der Waals surface area (Å²) in [4.78, 5) is 17.2. The lowest BCUT2D eigenvalue weighted by Gasteiger charge is -2.16. The van der Waals surface area contributed by atoms with Crippen molar-refractivity contribution in [2.75, 3.05) is 5.32 Å². The van der Waals surface area contributed by atoms with Crippen molar-refractivity contribution in [2.45, 2.75) is 50.7 Å². The van der Waals surface area contributed by atoms with Crippen LogP contribution in [0.3, 0.4) is 0 Å². The van der Waals surface area contributed by atoms with Crippen molar-refractivity contribution in [3.05, 3.63) is 53.3 Å². The van der Waals surface area contributed by atoms with Crippen LogP contribution in [0.5, 0.6) is 0 Å². The van der Waals surface area contributed by atoms with Crippen molar-refractivity contribution in [1.29, 1.82) is 0 Å². The minimum atomic E-state index is -1.30. The molecule has 4 heterocycles. The monoisotopic (exact) mass is 488 g/mol. The molecule has 4 aromatic rings. The van der Waals surface area contributed by atoms with E-state index >= 15 is 0 Å². The Bertz CT molecular complexity index is 1350. The summed E-state index contributed by atoms with van der Waals surface area (Å²) in [5.41, 5.74) is 0.490. The number of aromatic nitrogens is 7. The van der Waals surface area contributed by atoms with Gasteiger partial charge < -0.3 is 20.3 Å². The fraction of sp³-hybridized carbons (Fsp3) is 0.381. The van der Waals surface area contributed by atoms with Crippen LogP contribution in [0, 0.1) is 5.82 Å². The molecule has 4 atom stereocenters. The van der Waals surface area contributed by atoms with E-state index in [1.807, 2.05) is 20.8 Å². The van der Waals surface area contributed by atoms with E-state index in [4.69, 9.17) is 16.3 Å². The van der Waals surface area contributed by atoms with Crippen LogP contribution >= 0.6 is 11.6 Å². The number of hydrogen-bond acceptors (Lipinski definition) is 9. The van der Waals surface area contributed by atoms with Crippen molar-refractivity contribution in [3.8, 4) is 0 Å². The molecular weight excluding hydrogens is 467 g/mol. The zero-order valence-corrected chi connectivity index (χ0v) is 19.2. The lowest BCUT2D eigenvalue weighted by Crippen LogP contribution is -2.29. The highest BCUT2D eigenvalue weighted by atomic mass is 35.5. The Kier molecular flexibility index (Phi) is 5.47. The van der Waals surface area contributed by atoms with E-state index in [9.17, 15) is 14.6 Å². The standard InChI is InChI=1S/C21H22ClFN8O3/c1-21(2,3)20-28-17(29-30-20)15-13(32)14(33)19(34-15)31-8-26-12-16(24-7-25-18(12)31)27-11-5-4-9(22)6-10(11)23/h4-8,13-15,19,32-33H,1-3H3,(H,24,25,27)(H,28,29,30)/t13?,14?,15-,19?/m0/s1. The quantitative estimate of drug-likeness (QED) is 0.340. The second-order valence-corrected chi connectivity index (χ2v) is 9.45. The van der Waals surface area contributed by atoms with Gasteiger partial charge in [0.05, 0.1) is 12.0 Å². The lowest BCUT2D eigenvalue weighted by molar-refractivity contribution is -0.0382. The highest BCUT2D eigenvalue weighted by Crippen LogP contribution is 2.39. The number of nitrogens with zero attached hydrogens (tertiary/aromatic N) is 6. The van der Waals surface area contributed by atoms with Gasteiger partial charge in [-0.25, -0.2) is 24.3 Å². The molecular formula is C21H22ClFN8O3. The normalized spacial score (nSPS) is 23.0. The van der Waals surface area contributed by atoms with E-state index in [0.29, 0.717) is 22.8 Å². The van der Waals surface area contributed by atoms with Crippen LogP contribution in [0.15, 0.2) is 30.9 Å². The first kappa shape index (κ1) is 22.6. The number of aliphatic hydroxyl groups excluding tert-OH is 2. The number of nitrogens with one attached hydrogen (secondary N) is 2. The average molecular weight is 489 g/mol. The van der Waals surface area contributed by atoms with Crippen LogP contribution in [0.4, 0.5) is 15.9 Å². The van der Waals surface area contributed by atoms with Gasteiger partial charge in [0.2, 0.25) is 0 Å². The number of benzene rings is 1.